The van der Waals surface area contributed by atoms with Crippen LogP contribution < -0.4 is 5.73 Å². The van der Waals surface area contributed by atoms with E-state index in [4.69, 9.17) is 5.73 Å². The SMILES string of the molecule is CCc1nc(CS(=O)(=O)C(C)C)sc1C(C)(C)N. The minimum absolute atomic E-state index is 0.0123. The van der Waals surface area contributed by atoms with Crippen LogP contribution in [0.25, 0.3) is 0 Å². The number of rotatable bonds is 5. The lowest BCUT2D eigenvalue weighted by Gasteiger charge is -2.17. The van der Waals surface area contributed by atoms with Crippen molar-refractivity contribution in [2.75, 3.05) is 0 Å². The third-order valence-electron chi connectivity index (χ3n) is 2.70. The van der Waals surface area contributed by atoms with Crippen molar-refractivity contribution < 1.29 is 8.42 Å². The second-order valence-corrected chi connectivity index (χ2v) is 8.96. The molecule has 18 heavy (non-hydrogen) atoms. The predicted octanol–water partition coefficient (Wildman–Crippen LogP) is 2.22. The fourth-order valence-electron chi connectivity index (χ4n) is 1.54. The first-order chi connectivity index (χ1) is 8.08. The molecule has 1 aromatic rings. The second kappa shape index (κ2) is 5.27. The molecule has 0 unspecified atom stereocenters. The van der Waals surface area contributed by atoms with E-state index in [1.165, 1.54) is 11.3 Å². The van der Waals surface area contributed by atoms with Gasteiger partial charge in [0.1, 0.15) is 10.8 Å². The van der Waals surface area contributed by atoms with E-state index in [1.54, 1.807) is 13.8 Å². The first kappa shape index (κ1) is 15.6. The maximum Gasteiger partial charge on any atom is 0.159 e. The zero-order valence-corrected chi connectivity index (χ0v) is 13.3. The van der Waals surface area contributed by atoms with Gasteiger partial charge in [0, 0.05) is 10.4 Å². The van der Waals surface area contributed by atoms with Crippen LogP contribution in [0.15, 0.2) is 0 Å². The Morgan fingerprint density at radius 2 is 1.94 bits per heavy atom. The summed E-state index contributed by atoms with van der Waals surface area (Å²) in [5, 5.41) is 0.273. The van der Waals surface area contributed by atoms with Crippen molar-refractivity contribution in [2.45, 2.75) is 57.6 Å². The van der Waals surface area contributed by atoms with E-state index in [2.05, 4.69) is 4.98 Å². The van der Waals surface area contributed by atoms with Crippen LogP contribution in [0.4, 0.5) is 0 Å². The standard InChI is InChI=1S/C12H22N2O2S2/c1-6-9-11(12(4,5)13)17-10(14-9)7-18(15,16)8(2)3/h8H,6-7,13H2,1-5H3. The van der Waals surface area contributed by atoms with Gasteiger partial charge in [0.05, 0.1) is 10.9 Å². The third kappa shape index (κ3) is 3.52. The Labute approximate surface area is 114 Å². The summed E-state index contributed by atoms with van der Waals surface area (Å²) in [5.41, 5.74) is 6.54. The summed E-state index contributed by atoms with van der Waals surface area (Å²) in [5.74, 6) is 0.0123. The molecule has 0 saturated carbocycles. The van der Waals surface area contributed by atoms with Gasteiger partial charge in [0.2, 0.25) is 0 Å². The minimum atomic E-state index is -3.10. The fourth-order valence-corrected chi connectivity index (χ4v) is 3.98. The monoisotopic (exact) mass is 290 g/mol. The average Bonchev–Trinajstić information content (AvgIpc) is 2.59. The molecule has 0 radical (unpaired) electrons. The second-order valence-electron chi connectivity index (χ2n) is 5.31. The Morgan fingerprint density at radius 1 is 1.39 bits per heavy atom. The lowest BCUT2D eigenvalue weighted by Crippen LogP contribution is -2.28. The van der Waals surface area contributed by atoms with E-state index >= 15 is 0 Å². The van der Waals surface area contributed by atoms with Gasteiger partial charge in [-0.15, -0.1) is 11.3 Å². The summed E-state index contributed by atoms with van der Waals surface area (Å²) in [6.45, 7) is 9.22. The van der Waals surface area contributed by atoms with Gasteiger partial charge >= 0.3 is 0 Å². The average molecular weight is 290 g/mol. The highest BCUT2D eigenvalue weighted by Crippen LogP contribution is 2.29. The maximum absolute atomic E-state index is 11.9. The van der Waals surface area contributed by atoms with Gasteiger partial charge < -0.3 is 5.73 Å². The molecule has 0 aliphatic heterocycles. The summed E-state index contributed by atoms with van der Waals surface area (Å²) in [7, 11) is -3.10. The summed E-state index contributed by atoms with van der Waals surface area (Å²) >= 11 is 1.42. The molecule has 0 fully saturated rings. The Kier molecular flexibility index (Phi) is 4.56. The molecule has 1 rings (SSSR count). The van der Waals surface area contributed by atoms with E-state index in [0.29, 0.717) is 5.01 Å². The molecule has 0 saturated heterocycles. The molecule has 0 aliphatic rings. The lowest BCUT2D eigenvalue weighted by atomic mass is 10.0. The van der Waals surface area contributed by atoms with E-state index < -0.39 is 15.4 Å². The highest BCUT2D eigenvalue weighted by molar-refractivity contribution is 7.91. The highest BCUT2D eigenvalue weighted by atomic mass is 32.2. The quantitative estimate of drug-likeness (QED) is 0.902. The van der Waals surface area contributed by atoms with Crippen LogP contribution in [0.1, 0.15) is 50.2 Å². The number of aromatic nitrogens is 1. The van der Waals surface area contributed by atoms with E-state index in [0.717, 1.165) is 17.0 Å². The Balaban J connectivity index is 3.11. The Bertz CT molecular complexity index is 511. The number of nitrogens with zero attached hydrogens (tertiary/aromatic N) is 1. The molecule has 0 amide bonds. The van der Waals surface area contributed by atoms with Crippen LogP contribution in [0, 0.1) is 0 Å². The van der Waals surface area contributed by atoms with Crippen molar-refractivity contribution in [1.82, 2.24) is 4.98 Å². The summed E-state index contributed by atoms with van der Waals surface area (Å²) in [6.07, 6.45) is 0.772. The largest absolute Gasteiger partial charge is 0.321 e. The summed E-state index contributed by atoms with van der Waals surface area (Å²) < 4.78 is 23.8. The zero-order chi connectivity index (χ0) is 14.1. The first-order valence-electron chi connectivity index (χ1n) is 6.07. The number of aryl methyl sites for hydroxylation is 1. The predicted molar refractivity (Wildman–Crippen MR) is 76.5 cm³/mol. The molecule has 0 atom stereocenters. The molecule has 1 heterocycles. The molecule has 0 aliphatic carbocycles. The van der Waals surface area contributed by atoms with Crippen LogP contribution in [0.5, 0.6) is 0 Å². The maximum atomic E-state index is 11.9. The van der Waals surface area contributed by atoms with Crippen LogP contribution in [0.3, 0.4) is 0 Å². The minimum Gasteiger partial charge on any atom is -0.321 e. The number of hydrogen-bond acceptors (Lipinski definition) is 5. The van der Waals surface area contributed by atoms with Gasteiger partial charge in [0.15, 0.2) is 9.84 Å². The van der Waals surface area contributed by atoms with Crippen molar-refractivity contribution in [2.24, 2.45) is 5.73 Å². The Hall–Kier alpha value is -0.460. The van der Waals surface area contributed by atoms with Crippen LogP contribution in [0.2, 0.25) is 0 Å². The molecular weight excluding hydrogens is 268 g/mol. The molecule has 0 spiro atoms. The van der Waals surface area contributed by atoms with Gasteiger partial charge in [-0.1, -0.05) is 6.92 Å². The molecule has 0 bridgehead atoms. The van der Waals surface area contributed by atoms with E-state index in [9.17, 15) is 8.42 Å². The molecule has 0 aromatic carbocycles. The van der Waals surface area contributed by atoms with Crippen molar-refractivity contribution in [3.63, 3.8) is 0 Å². The third-order valence-corrected chi connectivity index (χ3v) is 6.44. The smallest absolute Gasteiger partial charge is 0.159 e. The molecule has 4 nitrogen and oxygen atoms in total. The van der Waals surface area contributed by atoms with Crippen molar-refractivity contribution in [3.8, 4) is 0 Å². The number of hydrogen-bond donors (Lipinski definition) is 1. The number of nitrogens with two attached hydrogens (primary N) is 1. The van der Waals surface area contributed by atoms with Crippen molar-refractivity contribution in [1.29, 1.82) is 0 Å². The topological polar surface area (TPSA) is 73.0 Å². The highest BCUT2D eigenvalue weighted by Gasteiger charge is 2.25. The van der Waals surface area contributed by atoms with Gasteiger partial charge in [-0.05, 0) is 34.1 Å². The molecule has 104 valence electrons. The van der Waals surface area contributed by atoms with Crippen molar-refractivity contribution >= 4 is 21.2 Å². The van der Waals surface area contributed by atoms with E-state index in [-0.39, 0.29) is 11.0 Å². The van der Waals surface area contributed by atoms with Crippen LogP contribution >= 0.6 is 11.3 Å². The van der Waals surface area contributed by atoms with E-state index in [1.807, 2.05) is 20.8 Å². The van der Waals surface area contributed by atoms with Crippen LogP contribution in [-0.4, -0.2) is 18.7 Å². The normalized spacial score (nSPS) is 13.3. The van der Waals surface area contributed by atoms with Gasteiger partial charge in [0.25, 0.3) is 0 Å². The summed E-state index contributed by atoms with van der Waals surface area (Å²) in [6, 6.07) is 0. The summed E-state index contributed by atoms with van der Waals surface area (Å²) in [4.78, 5) is 5.41. The lowest BCUT2D eigenvalue weighted by molar-refractivity contribution is 0.559. The first-order valence-corrected chi connectivity index (χ1v) is 8.60. The van der Waals surface area contributed by atoms with Crippen molar-refractivity contribution in [3.05, 3.63) is 15.6 Å². The zero-order valence-electron chi connectivity index (χ0n) is 11.6. The number of thiazole rings is 1. The molecule has 2 N–H and O–H groups in total. The van der Waals surface area contributed by atoms with Crippen LogP contribution in [-0.2, 0) is 27.5 Å². The Morgan fingerprint density at radius 3 is 2.28 bits per heavy atom. The van der Waals surface area contributed by atoms with Gasteiger partial charge in [-0.3, -0.25) is 0 Å². The van der Waals surface area contributed by atoms with Gasteiger partial charge in [-0.25, -0.2) is 13.4 Å². The molecule has 6 heteroatoms. The number of sulfone groups is 1. The molecular formula is C12H22N2O2S2. The fraction of sp³-hybridized carbons (Fsp3) is 0.750. The van der Waals surface area contributed by atoms with Gasteiger partial charge in [-0.2, -0.15) is 0 Å². The molecule has 1 aromatic heterocycles.